The van der Waals surface area contributed by atoms with E-state index in [0.29, 0.717) is 12.3 Å². The molecule has 0 saturated carbocycles. The van der Waals surface area contributed by atoms with Crippen molar-refractivity contribution in [2.45, 2.75) is 20.3 Å². The summed E-state index contributed by atoms with van der Waals surface area (Å²) >= 11 is 1.56. The first-order valence-electron chi connectivity index (χ1n) is 7.51. The molecule has 0 amide bonds. The summed E-state index contributed by atoms with van der Waals surface area (Å²) < 4.78 is 7.58. The second-order valence-corrected chi connectivity index (χ2v) is 6.91. The summed E-state index contributed by atoms with van der Waals surface area (Å²) in [6, 6.07) is 7.85. The number of carboxylic acid groups (broad SMARTS) is 1. The van der Waals surface area contributed by atoms with E-state index in [9.17, 15) is 4.79 Å². The van der Waals surface area contributed by atoms with Gasteiger partial charge in [0.2, 0.25) is 0 Å². The maximum Gasteiger partial charge on any atom is 0.309 e. The lowest BCUT2D eigenvalue weighted by atomic mass is 10.1. The molecule has 1 aromatic carbocycles. The number of nitrogens with zero attached hydrogens (tertiary/aromatic N) is 2. The first-order chi connectivity index (χ1) is 11.4. The molecule has 3 aromatic rings. The van der Waals surface area contributed by atoms with Gasteiger partial charge >= 0.3 is 5.97 Å². The largest absolute Gasteiger partial charge is 0.489 e. The predicted molar refractivity (Wildman–Crippen MR) is 94.9 cm³/mol. The van der Waals surface area contributed by atoms with Gasteiger partial charge in [0.25, 0.3) is 0 Å². The maximum absolute atomic E-state index is 10.9. The average molecular weight is 342 g/mol. The number of carboxylic acids is 1. The van der Waals surface area contributed by atoms with E-state index >= 15 is 0 Å². The maximum atomic E-state index is 10.9. The van der Waals surface area contributed by atoms with Gasteiger partial charge in [-0.15, -0.1) is 11.3 Å². The molecule has 0 unspecified atom stereocenters. The molecule has 5 nitrogen and oxygen atoms in total. The molecular formula is C18H18N2O3S. The number of hydrogen-bond donors (Lipinski definition) is 1. The van der Waals surface area contributed by atoms with Crippen molar-refractivity contribution >= 4 is 22.3 Å². The van der Waals surface area contributed by atoms with Crippen LogP contribution in [0.25, 0.3) is 16.2 Å². The van der Waals surface area contributed by atoms with Crippen molar-refractivity contribution < 1.29 is 14.6 Å². The fourth-order valence-electron chi connectivity index (χ4n) is 2.49. The summed E-state index contributed by atoms with van der Waals surface area (Å²) in [6.07, 6.45) is 1.73. The summed E-state index contributed by atoms with van der Waals surface area (Å²) in [4.78, 5) is 17.2. The van der Waals surface area contributed by atoms with Crippen LogP contribution in [0.4, 0.5) is 0 Å². The third kappa shape index (κ3) is 3.33. The number of fused-ring (bicyclic) bond motifs is 1. The van der Waals surface area contributed by atoms with E-state index in [1.807, 2.05) is 42.5 Å². The molecule has 124 valence electrons. The van der Waals surface area contributed by atoms with E-state index < -0.39 is 5.97 Å². The van der Waals surface area contributed by atoms with Crippen molar-refractivity contribution in [1.82, 2.24) is 9.38 Å². The molecule has 24 heavy (non-hydrogen) atoms. The minimum atomic E-state index is -0.877. The first kappa shape index (κ1) is 16.3. The van der Waals surface area contributed by atoms with Gasteiger partial charge in [0.15, 0.2) is 4.96 Å². The topological polar surface area (TPSA) is 63.8 Å². The number of aryl methyl sites for hydroxylation is 1. The quantitative estimate of drug-likeness (QED) is 0.689. The van der Waals surface area contributed by atoms with Crippen LogP contribution < -0.4 is 4.74 Å². The third-order valence-corrected chi connectivity index (χ3v) is 4.46. The number of imidazole rings is 1. The highest BCUT2D eigenvalue weighted by atomic mass is 32.1. The van der Waals surface area contributed by atoms with Gasteiger partial charge in [-0.05, 0) is 49.2 Å². The molecule has 0 aliphatic carbocycles. The molecule has 0 aliphatic rings. The van der Waals surface area contributed by atoms with Crippen molar-refractivity contribution in [1.29, 1.82) is 0 Å². The number of hydrogen-bond acceptors (Lipinski definition) is 4. The van der Waals surface area contributed by atoms with Gasteiger partial charge in [-0.25, -0.2) is 4.98 Å². The number of aromatic nitrogens is 2. The molecule has 6 heteroatoms. The molecular weight excluding hydrogens is 324 g/mol. The van der Waals surface area contributed by atoms with E-state index in [0.717, 1.165) is 32.4 Å². The normalized spacial score (nSPS) is 10.9. The molecule has 2 heterocycles. The highest BCUT2D eigenvalue weighted by molar-refractivity contribution is 7.17. The van der Waals surface area contributed by atoms with Crippen molar-refractivity contribution in [2.24, 2.45) is 0 Å². The Kier molecular flexibility index (Phi) is 4.40. The molecule has 3 rings (SSSR count). The zero-order valence-electron chi connectivity index (χ0n) is 13.6. The Balaban J connectivity index is 1.93. The van der Waals surface area contributed by atoms with Gasteiger partial charge in [0.1, 0.15) is 12.4 Å². The van der Waals surface area contributed by atoms with Crippen LogP contribution in [0.5, 0.6) is 5.75 Å². The molecule has 0 radical (unpaired) electrons. The number of thiazole rings is 1. The molecule has 0 aliphatic heterocycles. The Morgan fingerprint density at radius 2 is 2.08 bits per heavy atom. The van der Waals surface area contributed by atoms with Crippen molar-refractivity contribution in [3.8, 4) is 17.0 Å². The van der Waals surface area contributed by atoms with Crippen LogP contribution >= 0.6 is 11.3 Å². The predicted octanol–water partition coefficient (Wildman–Crippen LogP) is 3.95. The number of benzene rings is 1. The number of ether oxygens (including phenoxy) is 1. The lowest BCUT2D eigenvalue weighted by molar-refractivity contribution is -0.136. The standard InChI is InChI=1S/C18H18N2O3S/c1-11(2)10-23-15-6-4-13(5-7-15)17-12(3)24-18-19-14(8-16(21)22)9-20(17)18/h4-7,9H,1,8,10H2,2-3H3,(H,21,22). The fourth-order valence-corrected chi connectivity index (χ4v) is 3.49. The third-order valence-electron chi connectivity index (χ3n) is 3.49. The van der Waals surface area contributed by atoms with Crippen LogP contribution in [-0.4, -0.2) is 27.1 Å². The van der Waals surface area contributed by atoms with Crippen molar-refractivity contribution in [3.63, 3.8) is 0 Å². The second-order valence-electron chi connectivity index (χ2n) is 5.73. The molecule has 2 aromatic heterocycles. The van der Waals surface area contributed by atoms with Gasteiger partial charge in [0, 0.05) is 11.1 Å². The minimum Gasteiger partial charge on any atom is -0.489 e. The number of aliphatic carboxylic acids is 1. The van der Waals surface area contributed by atoms with E-state index in [1.165, 1.54) is 0 Å². The molecule has 0 atom stereocenters. The SMILES string of the molecule is C=C(C)COc1ccc(-c2c(C)sc3nc(CC(=O)O)cn23)cc1. The fraction of sp³-hybridized carbons (Fsp3) is 0.222. The highest BCUT2D eigenvalue weighted by Crippen LogP contribution is 2.32. The first-order valence-corrected chi connectivity index (χ1v) is 8.32. The zero-order valence-corrected chi connectivity index (χ0v) is 14.4. The summed E-state index contributed by atoms with van der Waals surface area (Å²) in [7, 11) is 0. The minimum absolute atomic E-state index is 0.0689. The zero-order chi connectivity index (χ0) is 17.3. The van der Waals surface area contributed by atoms with Gasteiger partial charge in [-0.2, -0.15) is 0 Å². The Labute approximate surface area is 143 Å². The van der Waals surface area contributed by atoms with Crippen LogP contribution in [0.3, 0.4) is 0 Å². The van der Waals surface area contributed by atoms with E-state index in [1.54, 1.807) is 17.5 Å². The number of rotatable bonds is 6. The number of carbonyl (C=O) groups is 1. The van der Waals surface area contributed by atoms with Crippen molar-refractivity contribution in [2.75, 3.05) is 6.61 Å². The van der Waals surface area contributed by atoms with E-state index in [2.05, 4.69) is 11.6 Å². The second kappa shape index (κ2) is 6.49. The molecule has 0 saturated heterocycles. The van der Waals surface area contributed by atoms with Crippen LogP contribution in [0, 0.1) is 6.92 Å². The lowest BCUT2D eigenvalue weighted by Gasteiger charge is -2.07. The molecule has 1 N–H and O–H groups in total. The molecule has 0 fully saturated rings. The summed E-state index contributed by atoms with van der Waals surface area (Å²) in [5.41, 5.74) is 3.61. The van der Waals surface area contributed by atoms with Gasteiger partial charge in [0.05, 0.1) is 17.8 Å². The average Bonchev–Trinajstić information content (AvgIpc) is 3.00. The highest BCUT2D eigenvalue weighted by Gasteiger charge is 2.15. The van der Waals surface area contributed by atoms with E-state index in [-0.39, 0.29) is 6.42 Å². The summed E-state index contributed by atoms with van der Waals surface area (Å²) in [6.45, 7) is 8.29. The van der Waals surface area contributed by atoms with Gasteiger partial charge in [-0.1, -0.05) is 6.58 Å². The molecule has 0 bridgehead atoms. The van der Waals surface area contributed by atoms with E-state index in [4.69, 9.17) is 9.84 Å². The molecule has 0 spiro atoms. The smallest absolute Gasteiger partial charge is 0.309 e. The Morgan fingerprint density at radius 1 is 1.38 bits per heavy atom. The van der Waals surface area contributed by atoms with Crippen molar-refractivity contribution in [3.05, 3.63) is 53.2 Å². The summed E-state index contributed by atoms with van der Waals surface area (Å²) in [5, 5.41) is 8.92. The Hall–Kier alpha value is -2.60. The lowest BCUT2D eigenvalue weighted by Crippen LogP contribution is -1.99. The van der Waals surface area contributed by atoms with Crippen LogP contribution in [0.1, 0.15) is 17.5 Å². The van der Waals surface area contributed by atoms with Gasteiger partial charge in [-0.3, -0.25) is 9.20 Å². The Bertz CT molecular complexity index is 906. The van der Waals surface area contributed by atoms with Crippen LogP contribution in [-0.2, 0) is 11.2 Å². The van der Waals surface area contributed by atoms with Gasteiger partial charge < -0.3 is 9.84 Å². The van der Waals surface area contributed by atoms with Crippen LogP contribution in [0.15, 0.2) is 42.6 Å². The summed E-state index contributed by atoms with van der Waals surface area (Å²) in [5.74, 6) is -0.0823. The van der Waals surface area contributed by atoms with Crippen LogP contribution in [0.2, 0.25) is 0 Å². The Morgan fingerprint density at radius 3 is 2.71 bits per heavy atom. The monoisotopic (exact) mass is 342 g/mol.